The lowest BCUT2D eigenvalue weighted by Crippen LogP contribution is -2.40. The summed E-state index contributed by atoms with van der Waals surface area (Å²) in [5.74, 6) is 0.463. The molecule has 2 N–H and O–H groups in total. The molecule has 0 bridgehead atoms. The number of sulfonamides is 1. The Bertz CT molecular complexity index is 1630. The monoisotopic (exact) mass is 645 g/mol. The molecule has 1 saturated heterocycles. The van der Waals surface area contributed by atoms with Gasteiger partial charge in [0.05, 0.1) is 35.1 Å². The van der Waals surface area contributed by atoms with E-state index < -0.39 is 16.1 Å². The zero-order valence-corrected chi connectivity index (χ0v) is 25.5. The Balaban J connectivity index is 1.15. The van der Waals surface area contributed by atoms with E-state index in [1.54, 1.807) is 0 Å². The summed E-state index contributed by atoms with van der Waals surface area (Å²) >= 11 is 9.85. The highest BCUT2D eigenvalue weighted by Crippen LogP contribution is 2.36. The number of para-hydroxylation sites is 1. The van der Waals surface area contributed by atoms with Gasteiger partial charge in [0.1, 0.15) is 0 Å². The maximum atomic E-state index is 12.3. The van der Waals surface area contributed by atoms with Gasteiger partial charge in [-0.1, -0.05) is 51.8 Å². The van der Waals surface area contributed by atoms with Crippen molar-refractivity contribution in [2.24, 2.45) is 0 Å². The van der Waals surface area contributed by atoms with Crippen LogP contribution in [-0.2, 0) is 29.5 Å². The Morgan fingerprint density at radius 1 is 1.12 bits per heavy atom. The molecule has 11 heteroatoms. The Kier molecular flexibility index (Phi) is 7.84. The van der Waals surface area contributed by atoms with Crippen molar-refractivity contribution in [3.63, 3.8) is 0 Å². The van der Waals surface area contributed by atoms with Crippen LogP contribution in [0.4, 0.5) is 0 Å². The van der Waals surface area contributed by atoms with E-state index >= 15 is 0 Å². The lowest BCUT2D eigenvalue weighted by atomic mass is 9.89. The molecular weight excluding hydrogens is 614 g/mol. The summed E-state index contributed by atoms with van der Waals surface area (Å²) in [6, 6.07) is 13.9. The molecule has 0 aliphatic carbocycles. The topological polar surface area (TPSA) is 94.5 Å². The summed E-state index contributed by atoms with van der Waals surface area (Å²) in [6.45, 7) is 3.49. The number of likely N-dealkylation sites (tertiary alicyclic amines) is 1. The van der Waals surface area contributed by atoms with Crippen molar-refractivity contribution in [3.8, 4) is 11.3 Å². The summed E-state index contributed by atoms with van der Waals surface area (Å²) in [5.41, 5.74) is 5.97. The molecule has 1 atom stereocenters. The van der Waals surface area contributed by atoms with Crippen LogP contribution >= 0.6 is 27.5 Å². The van der Waals surface area contributed by atoms with Crippen LogP contribution in [0.15, 0.2) is 53.1 Å². The van der Waals surface area contributed by atoms with Crippen molar-refractivity contribution in [3.05, 3.63) is 75.0 Å². The van der Waals surface area contributed by atoms with E-state index in [9.17, 15) is 13.5 Å². The highest BCUT2D eigenvalue weighted by Gasteiger charge is 2.31. The minimum absolute atomic E-state index is 0.294. The van der Waals surface area contributed by atoms with Crippen molar-refractivity contribution in [1.29, 1.82) is 0 Å². The normalized spacial score (nSPS) is 18.3. The molecule has 2 aliphatic rings. The number of rotatable bonds is 7. The Labute approximate surface area is 248 Å². The van der Waals surface area contributed by atoms with Crippen LogP contribution in [0, 0.1) is 0 Å². The number of nitrogens with one attached hydrogen (secondary N) is 1. The number of H-pyrrole nitrogens is 1. The highest BCUT2D eigenvalue weighted by atomic mass is 79.9. The number of fused-ring (bicyclic) bond motifs is 2. The minimum atomic E-state index is -3.32. The van der Waals surface area contributed by atoms with E-state index in [1.165, 1.54) is 21.5 Å². The van der Waals surface area contributed by atoms with Gasteiger partial charge in [-0.3, -0.25) is 4.68 Å². The van der Waals surface area contributed by atoms with Crippen LogP contribution in [0.1, 0.15) is 35.6 Å². The number of nitrogens with zero attached hydrogens (tertiary/aromatic N) is 4. The van der Waals surface area contributed by atoms with Gasteiger partial charge in [-0.2, -0.15) is 9.40 Å². The van der Waals surface area contributed by atoms with E-state index in [2.05, 4.69) is 38.1 Å². The first kappa shape index (κ1) is 27.9. The number of hydrogen-bond donors (Lipinski definition) is 2. The second kappa shape index (κ2) is 11.2. The first-order valence-corrected chi connectivity index (χ1v) is 16.6. The van der Waals surface area contributed by atoms with Crippen molar-refractivity contribution in [2.45, 2.75) is 44.4 Å². The molecule has 2 aliphatic heterocycles. The molecule has 2 aromatic heterocycles. The van der Waals surface area contributed by atoms with Gasteiger partial charge in [-0.05, 0) is 55.6 Å². The molecule has 4 aromatic rings. The predicted octanol–water partition coefficient (Wildman–Crippen LogP) is 5.01. The molecule has 40 heavy (non-hydrogen) atoms. The number of aliphatic hydroxyl groups excluding tert-OH is 1. The summed E-state index contributed by atoms with van der Waals surface area (Å²) < 4.78 is 29.0. The first-order chi connectivity index (χ1) is 19.2. The second-order valence-electron chi connectivity index (χ2n) is 10.9. The molecule has 0 spiro atoms. The smallest absolute Gasteiger partial charge is 0.211 e. The quantitative estimate of drug-likeness (QED) is 0.295. The molecule has 212 valence electrons. The molecule has 6 rings (SSSR count). The maximum Gasteiger partial charge on any atom is 0.211 e. The summed E-state index contributed by atoms with van der Waals surface area (Å²) in [5, 5.41) is 18.0. The van der Waals surface area contributed by atoms with E-state index in [1.807, 2.05) is 41.1 Å². The van der Waals surface area contributed by atoms with Crippen molar-refractivity contribution in [2.75, 3.05) is 32.4 Å². The third-order valence-corrected chi connectivity index (χ3v) is 10.4. The SMILES string of the molecule is CS(=O)(=O)N1CCc2c(c(-c3ccc(Br)cc3)nn2CC(O)CN2CCC(c3c[nH]c4c(Cl)cccc34)CC2)C1. The van der Waals surface area contributed by atoms with Gasteiger partial charge in [0, 0.05) is 58.9 Å². The molecular formula is C29H33BrClN5O3S. The van der Waals surface area contributed by atoms with Crippen LogP contribution in [-0.4, -0.2) is 76.0 Å². The lowest BCUT2D eigenvalue weighted by Gasteiger charge is -2.33. The third kappa shape index (κ3) is 5.62. The highest BCUT2D eigenvalue weighted by molar-refractivity contribution is 9.10. The standard InChI is InChI=1S/C29H33BrClN5O3S/c1-40(38,39)35-14-11-27-25(18-35)28(20-5-7-21(30)8-6-20)33-36(27)17-22(37)16-34-12-9-19(10-13-34)24-15-32-29-23(24)3-2-4-26(29)31/h2-8,15,19,22,32,37H,9-14,16-18H2,1H3. The number of aromatic nitrogens is 3. The van der Waals surface area contributed by atoms with Crippen LogP contribution in [0.25, 0.3) is 22.2 Å². The van der Waals surface area contributed by atoms with E-state index in [0.29, 0.717) is 38.5 Å². The van der Waals surface area contributed by atoms with Crippen molar-refractivity contribution < 1.29 is 13.5 Å². The predicted molar refractivity (Wildman–Crippen MR) is 162 cm³/mol. The number of halogens is 2. The fourth-order valence-corrected chi connectivity index (χ4v) is 7.48. The second-order valence-corrected chi connectivity index (χ2v) is 14.2. The number of benzene rings is 2. The number of hydrogen-bond acceptors (Lipinski definition) is 5. The molecule has 1 fully saturated rings. The first-order valence-electron chi connectivity index (χ1n) is 13.6. The number of β-amino-alcohol motifs (C(OH)–C–C–N with tert-alkyl or cyclic N) is 1. The minimum Gasteiger partial charge on any atom is -0.390 e. The van der Waals surface area contributed by atoms with Gasteiger partial charge in [-0.25, -0.2) is 8.42 Å². The average Bonchev–Trinajstić information content (AvgIpc) is 3.52. The van der Waals surface area contributed by atoms with Gasteiger partial charge < -0.3 is 15.0 Å². The average molecular weight is 647 g/mol. The van der Waals surface area contributed by atoms with Gasteiger partial charge in [0.2, 0.25) is 10.0 Å². The largest absolute Gasteiger partial charge is 0.390 e. The van der Waals surface area contributed by atoms with Gasteiger partial charge in [0.25, 0.3) is 0 Å². The Hall–Kier alpha value is -2.21. The summed E-state index contributed by atoms with van der Waals surface area (Å²) in [7, 11) is -3.32. The van der Waals surface area contributed by atoms with Crippen molar-refractivity contribution in [1.82, 2.24) is 24.0 Å². The lowest BCUT2D eigenvalue weighted by molar-refractivity contribution is 0.0815. The molecule has 0 amide bonds. The molecule has 8 nitrogen and oxygen atoms in total. The zero-order valence-electron chi connectivity index (χ0n) is 22.4. The Morgan fingerprint density at radius 2 is 1.88 bits per heavy atom. The number of piperidine rings is 1. The van der Waals surface area contributed by atoms with Gasteiger partial charge in [0.15, 0.2) is 0 Å². The van der Waals surface area contributed by atoms with Gasteiger partial charge in [-0.15, -0.1) is 0 Å². The van der Waals surface area contributed by atoms with E-state index in [-0.39, 0.29) is 0 Å². The van der Waals surface area contributed by atoms with Crippen molar-refractivity contribution >= 4 is 48.5 Å². The molecule has 0 radical (unpaired) electrons. The zero-order chi connectivity index (χ0) is 28.0. The van der Waals surface area contributed by atoms with E-state index in [0.717, 1.165) is 63.5 Å². The maximum absolute atomic E-state index is 12.3. The number of aromatic amines is 1. The molecule has 0 saturated carbocycles. The summed E-state index contributed by atoms with van der Waals surface area (Å²) in [4.78, 5) is 5.68. The van der Waals surface area contributed by atoms with Crippen LogP contribution in [0.2, 0.25) is 5.02 Å². The number of aliphatic hydroxyl groups is 1. The molecule has 2 aromatic carbocycles. The Morgan fingerprint density at radius 3 is 2.60 bits per heavy atom. The fourth-order valence-electron chi connectivity index (χ4n) is 6.20. The van der Waals surface area contributed by atoms with Crippen LogP contribution in [0.5, 0.6) is 0 Å². The molecule has 1 unspecified atom stereocenters. The summed E-state index contributed by atoms with van der Waals surface area (Å²) in [6.07, 6.45) is 5.39. The van der Waals surface area contributed by atoms with Crippen LogP contribution in [0.3, 0.4) is 0 Å². The third-order valence-electron chi connectivity index (χ3n) is 8.26. The van der Waals surface area contributed by atoms with Crippen LogP contribution < -0.4 is 0 Å². The fraction of sp³-hybridized carbons (Fsp3) is 0.414. The van der Waals surface area contributed by atoms with E-state index in [4.69, 9.17) is 16.7 Å². The molecule has 4 heterocycles. The van der Waals surface area contributed by atoms with Gasteiger partial charge >= 0.3 is 0 Å².